The van der Waals surface area contributed by atoms with E-state index in [1.54, 1.807) is 0 Å². The number of nitrogens with two attached hydrogens (primary N) is 1. The number of benzene rings is 1. The Balaban J connectivity index is 1.83. The predicted octanol–water partition coefficient (Wildman–Crippen LogP) is 2.12. The van der Waals surface area contributed by atoms with E-state index >= 15 is 0 Å². The van der Waals surface area contributed by atoms with Gasteiger partial charge in [0.1, 0.15) is 0 Å². The Kier molecular flexibility index (Phi) is 3.56. The molecule has 2 heterocycles. The number of aromatic nitrogens is 3. The molecule has 2 aromatic heterocycles. The summed E-state index contributed by atoms with van der Waals surface area (Å²) in [6.07, 6.45) is 8.11. The van der Waals surface area contributed by atoms with Crippen LogP contribution in [-0.4, -0.2) is 20.9 Å². The fourth-order valence-corrected chi connectivity index (χ4v) is 2.71. The predicted molar refractivity (Wildman–Crippen MR) is 81.6 cm³/mol. The SMILES string of the molecule is Cn1cc(CCn2ccc3c(CCN)cccc32)cn1. The highest BCUT2D eigenvalue weighted by molar-refractivity contribution is 5.83. The van der Waals surface area contributed by atoms with Gasteiger partial charge in [0.05, 0.1) is 6.20 Å². The van der Waals surface area contributed by atoms with Crippen LogP contribution in [-0.2, 0) is 26.4 Å². The Morgan fingerprint density at radius 1 is 1.20 bits per heavy atom. The maximum absolute atomic E-state index is 5.68. The zero-order valence-corrected chi connectivity index (χ0v) is 11.8. The highest BCUT2D eigenvalue weighted by Gasteiger charge is 2.05. The number of nitrogens with zero attached hydrogens (tertiary/aromatic N) is 3. The van der Waals surface area contributed by atoms with E-state index < -0.39 is 0 Å². The lowest BCUT2D eigenvalue weighted by Crippen LogP contribution is -2.03. The van der Waals surface area contributed by atoms with Gasteiger partial charge in [0.25, 0.3) is 0 Å². The third-order valence-corrected chi connectivity index (χ3v) is 3.72. The first kappa shape index (κ1) is 12.9. The Labute approximate surface area is 118 Å². The fourth-order valence-electron chi connectivity index (χ4n) is 2.71. The van der Waals surface area contributed by atoms with Crippen molar-refractivity contribution in [2.75, 3.05) is 6.54 Å². The van der Waals surface area contributed by atoms with E-state index in [-0.39, 0.29) is 0 Å². The number of rotatable bonds is 5. The smallest absolute Gasteiger partial charge is 0.0522 e. The molecule has 0 bridgehead atoms. The second-order valence-corrected chi connectivity index (χ2v) is 5.17. The molecule has 3 aromatic rings. The molecule has 4 heteroatoms. The third kappa shape index (κ3) is 2.47. The summed E-state index contributed by atoms with van der Waals surface area (Å²) < 4.78 is 4.16. The zero-order valence-electron chi connectivity index (χ0n) is 11.8. The normalized spacial score (nSPS) is 11.3. The van der Waals surface area contributed by atoms with Crippen molar-refractivity contribution >= 4 is 10.9 Å². The van der Waals surface area contributed by atoms with Crippen molar-refractivity contribution in [3.63, 3.8) is 0 Å². The van der Waals surface area contributed by atoms with Crippen LogP contribution in [0.1, 0.15) is 11.1 Å². The van der Waals surface area contributed by atoms with Crippen LogP contribution < -0.4 is 5.73 Å². The van der Waals surface area contributed by atoms with Crippen molar-refractivity contribution in [1.29, 1.82) is 0 Å². The Bertz CT molecular complexity index is 708. The maximum Gasteiger partial charge on any atom is 0.0522 e. The second-order valence-electron chi connectivity index (χ2n) is 5.17. The first-order valence-electron chi connectivity index (χ1n) is 7.02. The van der Waals surface area contributed by atoms with E-state index in [2.05, 4.69) is 46.3 Å². The van der Waals surface area contributed by atoms with Crippen molar-refractivity contribution in [3.05, 3.63) is 54.0 Å². The molecule has 0 aliphatic carbocycles. The molecular formula is C16H20N4. The summed E-state index contributed by atoms with van der Waals surface area (Å²) in [5.74, 6) is 0. The van der Waals surface area contributed by atoms with Gasteiger partial charge >= 0.3 is 0 Å². The molecule has 104 valence electrons. The topological polar surface area (TPSA) is 48.8 Å². The molecule has 1 aromatic carbocycles. The molecule has 0 atom stereocenters. The Morgan fingerprint density at radius 3 is 2.85 bits per heavy atom. The molecule has 2 N–H and O–H groups in total. The number of hydrogen-bond acceptors (Lipinski definition) is 2. The zero-order chi connectivity index (χ0) is 13.9. The first-order chi connectivity index (χ1) is 9.78. The minimum absolute atomic E-state index is 0.694. The van der Waals surface area contributed by atoms with Crippen molar-refractivity contribution in [3.8, 4) is 0 Å². The molecule has 0 saturated carbocycles. The van der Waals surface area contributed by atoms with E-state index in [1.807, 2.05) is 17.9 Å². The van der Waals surface area contributed by atoms with Gasteiger partial charge in [0.15, 0.2) is 0 Å². The van der Waals surface area contributed by atoms with E-state index in [0.717, 1.165) is 19.4 Å². The summed E-state index contributed by atoms with van der Waals surface area (Å²) >= 11 is 0. The minimum atomic E-state index is 0.694. The van der Waals surface area contributed by atoms with Crippen LogP contribution in [0.4, 0.5) is 0 Å². The van der Waals surface area contributed by atoms with E-state index in [1.165, 1.54) is 22.0 Å². The third-order valence-electron chi connectivity index (χ3n) is 3.72. The van der Waals surface area contributed by atoms with Gasteiger partial charge in [0.2, 0.25) is 0 Å². The monoisotopic (exact) mass is 268 g/mol. The van der Waals surface area contributed by atoms with Crippen molar-refractivity contribution in [1.82, 2.24) is 14.3 Å². The standard InChI is InChI=1S/C16H20N4/c1-19-12-13(11-18-19)6-9-20-10-7-15-14(5-8-17)3-2-4-16(15)20/h2-4,7,10-12H,5-6,8-9,17H2,1H3. The first-order valence-corrected chi connectivity index (χ1v) is 7.02. The van der Waals surface area contributed by atoms with Crippen molar-refractivity contribution < 1.29 is 0 Å². The van der Waals surface area contributed by atoms with Gasteiger partial charge in [0, 0.05) is 36.9 Å². The molecule has 20 heavy (non-hydrogen) atoms. The van der Waals surface area contributed by atoms with E-state index in [4.69, 9.17) is 5.73 Å². The quantitative estimate of drug-likeness (QED) is 0.770. The summed E-state index contributed by atoms with van der Waals surface area (Å²) in [6.45, 7) is 1.67. The molecule has 0 unspecified atom stereocenters. The molecule has 0 aliphatic heterocycles. The van der Waals surface area contributed by atoms with Gasteiger partial charge in [-0.05, 0) is 42.6 Å². The van der Waals surface area contributed by atoms with Crippen molar-refractivity contribution in [2.24, 2.45) is 12.8 Å². The van der Waals surface area contributed by atoms with E-state index in [0.29, 0.717) is 6.54 Å². The largest absolute Gasteiger partial charge is 0.347 e. The molecule has 0 spiro atoms. The summed E-state index contributed by atoms with van der Waals surface area (Å²) in [5, 5.41) is 5.53. The average molecular weight is 268 g/mol. The van der Waals surface area contributed by atoms with Crippen LogP contribution in [0.3, 0.4) is 0 Å². The van der Waals surface area contributed by atoms with Crippen molar-refractivity contribution in [2.45, 2.75) is 19.4 Å². The molecule has 0 aliphatic rings. The minimum Gasteiger partial charge on any atom is -0.347 e. The van der Waals surface area contributed by atoms with Crippen LogP contribution in [0, 0.1) is 0 Å². The molecule has 0 amide bonds. The van der Waals surface area contributed by atoms with Gasteiger partial charge in [-0.25, -0.2) is 0 Å². The van der Waals surface area contributed by atoms with Gasteiger partial charge in [-0.15, -0.1) is 0 Å². The lowest BCUT2D eigenvalue weighted by molar-refractivity contribution is 0.720. The molecule has 0 fully saturated rings. The highest BCUT2D eigenvalue weighted by atomic mass is 15.2. The highest BCUT2D eigenvalue weighted by Crippen LogP contribution is 2.21. The van der Waals surface area contributed by atoms with Crippen LogP contribution in [0.5, 0.6) is 0 Å². The lowest BCUT2D eigenvalue weighted by Gasteiger charge is -2.06. The molecular weight excluding hydrogens is 248 g/mol. The summed E-state index contributed by atoms with van der Waals surface area (Å²) in [5.41, 5.74) is 9.58. The maximum atomic E-state index is 5.68. The van der Waals surface area contributed by atoms with E-state index in [9.17, 15) is 0 Å². The lowest BCUT2D eigenvalue weighted by atomic mass is 10.1. The average Bonchev–Trinajstić information content (AvgIpc) is 3.04. The Hall–Kier alpha value is -2.07. The number of fused-ring (bicyclic) bond motifs is 1. The second kappa shape index (κ2) is 5.51. The summed E-state index contributed by atoms with van der Waals surface area (Å²) in [4.78, 5) is 0. The van der Waals surface area contributed by atoms with Gasteiger partial charge < -0.3 is 10.3 Å². The van der Waals surface area contributed by atoms with Gasteiger partial charge in [-0.1, -0.05) is 12.1 Å². The van der Waals surface area contributed by atoms with Crippen LogP contribution in [0.15, 0.2) is 42.9 Å². The van der Waals surface area contributed by atoms with Gasteiger partial charge in [-0.2, -0.15) is 5.10 Å². The van der Waals surface area contributed by atoms with Gasteiger partial charge in [-0.3, -0.25) is 4.68 Å². The Morgan fingerprint density at radius 2 is 2.10 bits per heavy atom. The molecule has 4 nitrogen and oxygen atoms in total. The van der Waals surface area contributed by atoms with Crippen LogP contribution in [0.25, 0.3) is 10.9 Å². The molecule has 0 radical (unpaired) electrons. The molecule has 3 rings (SSSR count). The molecule has 0 saturated heterocycles. The number of hydrogen-bond donors (Lipinski definition) is 1. The summed E-state index contributed by atoms with van der Waals surface area (Å²) in [7, 11) is 1.95. The van der Waals surface area contributed by atoms with Crippen LogP contribution >= 0.6 is 0 Å². The number of aryl methyl sites for hydroxylation is 3. The fraction of sp³-hybridized carbons (Fsp3) is 0.312. The summed E-state index contributed by atoms with van der Waals surface area (Å²) in [6, 6.07) is 8.66. The van der Waals surface area contributed by atoms with Crippen LogP contribution in [0.2, 0.25) is 0 Å².